The third-order valence-electron chi connectivity index (χ3n) is 2.47. The van der Waals surface area contributed by atoms with Crippen LogP contribution in [-0.4, -0.2) is 10.9 Å². The van der Waals surface area contributed by atoms with Crippen LogP contribution in [0.25, 0.3) is 6.08 Å². The standard InChI is InChI=1S/C14H9Cl2N3OS/c1-8-18-11(7-21-8)4-9(6-17)14(20)19-13-3-2-10(15)5-12(13)16/h2-5,7H,1H3,(H,19,20)/b9-4+. The summed E-state index contributed by atoms with van der Waals surface area (Å²) in [6.45, 7) is 1.85. The van der Waals surface area contributed by atoms with Gasteiger partial charge in [0.2, 0.25) is 0 Å². The zero-order chi connectivity index (χ0) is 15.4. The summed E-state index contributed by atoms with van der Waals surface area (Å²) in [4.78, 5) is 16.3. The number of amides is 1. The fraction of sp³-hybridized carbons (Fsp3) is 0.0714. The van der Waals surface area contributed by atoms with Crippen LogP contribution in [0.3, 0.4) is 0 Å². The topological polar surface area (TPSA) is 65.8 Å². The molecule has 1 amide bonds. The molecule has 4 nitrogen and oxygen atoms in total. The van der Waals surface area contributed by atoms with Gasteiger partial charge in [0, 0.05) is 10.4 Å². The van der Waals surface area contributed by atoms with Crippen LogP contribution in [0.4, 0.5) is 5.69 Å². The number of hydrogen-bond donors (Lipinski definition) is 1. The van der Waals surface area contributed by atoms with Gasteiger partial charge in [-0.3, -0.25) is 4.79 Å². The molecule has 21 heavy (non-hydrogen) atoms. The van der Waals surface area contributed by atoms with Gasteiger partial charge in [0.1, 0.15) is 11.6 Å². The number of aromatic nitrogens is 1. The Morgan fingerprint density at radius 2 is 2.24 bits per heavy atom. The average molecular weight is 338 g/mol. The summed E-state index contributed by atoms with van der Waals surface area (Å²) in [5, 5.41) is 15.1. The first-order valence-electron chi connectivity index (χ1n) is 5.80. The molecule has 2 aromatic rings. The van der Waals surface area contributed by atoms with E-state index in [1.54, 1.807) is 17.5 Å². The fourth-order valence-corrected chi connectivity index (χ4v) is 2.55. The molecule has 0 aliphatic rings. The minimum atomic E-state index is -0.549. The first-order valence-corrected chi connectivity index (χ1v) is 7.43. The third kappa shape index (κ3) is 4.05. The Balaban J connectivity index is 2.21. The number of nitrogens with one attached hydrogen (secondary N) is 1. The van der Waals surface area contributed by atoms with Crippen LogP contribution in [0.2, 0.25) is 10.0 Å². The lowest BCUT2D eigenvalue weighted by atomic mass is 10.2. The van der Waals surface area contributed by atoms with Crippen molar-refractivity contribution >= 4 is 52.2 Å². The maximum Gasteiger partial charge on any atom is 0.266 e. The Morgan fingerprint density at radius 3 is 2.81 bits per heavy atom. The quantitative estimate of drug-likeness (QED) is 0.670. The molecule has 0 fully saturated rings. The SMILES string of the molecule is Cc1nc(/C=C(\C#N)C(=O)Nc2ccc(Cl)cc2Cl)cs1. The summed E-state index contributed by atoms with van der Waals surface area (Å²) in [5.41, 5.74) is 0.916. The zero-order valence-corrected chi connectivity index (χ0v) is 13.2. The van der Waals surface area contributed by atoms with E-state index in [4.69, 9.17) is 28.5 Å². The predicted molar refractivity (Wildman–Crippen MR) is 85.5 cm³/mol. The van der Waals surface area contributed by atoms with E-state index in [9.17, 15) is 4.79 Å². The molecule has 1 N–H and O–H groups in total. The molecule has 0 bridgehead atoms. The van der Waals surface area contributed by atoms with Crippen LogP contribution in [0.15, 0.2) is 29.2 Å². The van der Waals surface area contributed by atoms with Crippen molar-refractivity contribution in [1.29, 1.82) is 5.26 Å². The molecule has 0 atom stereocenters. The highest BCUT2D eigenvalue weighted by molar-refractivity contribution is 7.09. The van der Waals surface area contributed by atoms with Crippen LogP contribution < -0.4 is 5.32 Å². The van der Waals surface area contributed by atoms with Crippen molar-refractivity contribution in [3.05, 3.63) is 49.9 Å². The lowest BCUT2D eigenvalue weighted by Crippen LogP contribution is -2.13. The van der Waals surface area contributed by atoms with Crippen molar-refractivity contribution < 1.29 is 4.79 Å². The number of nitrogens with zero attached hydrogens (tertiary/aromatic N) is 2. The van der Waals surface area contributed by atoms with Crippen molar-refractivity contribution in [2.75, 3.05) is 5.32 Å². The summed E-state index contributed by atoms with van der Waals surface area (Å²) in [6.07, 6.45) is 1.43. The van der Waals surface area contributed by atoms with Gasteiger partial charge in [-0.05, 0) is 31.2 Å². The van der Waals surface area contributed by atoms with Gasteiger partial charge < -0.3 is 5.32 Å². The highest BCUT2D eigenvalue weighted by Gasteiger charge is 2.12. The van der Waals surface area contributed by atoms with Crippen molar-refractivity contribution in [3.63, 3.8) is 0 Å². The summed E-state index contributed by atoms with van der Waals surface area (Å²) >= 11 is 13.2. The second-order valence-corrected chi connectivity index (χ2v) is 5.95. The zero-order valence-electron chi connectivity index (χ0n) is 10.9. The highest BCUT2D eigenvalue weighted by atomic mass is 35.5. The minimum absolute atomic E-state index is 0.0497. The maximum atomic E-state index is 12.1. The van der Waals surface area contributed by atoms with Crippen LogP contribution in [0, 0.1) is 18.3 Å². The molecule has 0 spiro atoms. The van der Waals surface area contributed by atoms with Gasteiger partial charge in [-0.1, -0.05) is 23.2 Å². The summed E-state index contributed by atoms with van der Waals surface area (Å²) in [7, 11) is 0. The Bertz CT molecular complexity index is 762. The van der Waals surface area contributed by atoms with Crippen molar-refractivity contribution in [2.45, 2.75) is 6.92 Å². The van der Waals surface area contributed by atoms with Gasteiger partial charge in [0.05, 0.1) is 21.4 Å². The van der Waals surface area contributed by atoms with E-state index in [1.807, 2.05) is 13.0 Å². The van der Waals surface area contributed by atoms with Crippen LogP contribution in [-0.2, 0) is 4.79 Å². The normalized spacial score (nSPS) is 11.0. The molecule has 106 valence electrons. The number of anilines is 1. The van der Waals surface area contributed by atoms with E-state index in [0.29, 0.717) is 21.4 Å². The van der Waals surface area contributed by atoms with E-state index in [1.165, 1.54) is 23.5 Å². The second-order valence-electron chi connectivity index (χ2n) is 4.04. The number of carbonyl (C=O) groups excluding carboxylic acids is 1. The van der Waals surface area contributed by atoms with E-state index in [-0.39, 0.29) is 5.57 Å². The van der Waals surface area contributed by atoms with Crippen molar-refractivity contribution in [1.82, 2.24) is 4.98 Å². The molecule has 1 aromatic carbocycles. The van der Waals surface area contributed by atoms with E-state index < -0.39 is 5.91 Å². The Kier molecular flexibility index (Phi) is 4.97. The van der Waals surface area contributed by atoms with Crippen LogP contribution >= 0.6 is 34.5 Å². The van der Waals surface area contributed by atoms with E-state index >= 15 is 0 Å². The predicted octanol–water partition coefficient (Wildman–Crippen LogP) is 4.30. The van der Waals surface area contributed by atoms with E-state index in [2.05, 4.69) is 10.3 Å². The number of nitriles is 1. The number of rotatable bonds is 3. The first kappa shape index (κ1) is 15.5. The molecule has 0 saturated heterocycles. The lowest BCUT2D eigenvalue weighted by molar-refractivity contribution is -0.112. The number of halogens is 2. The fourth-order valence-electron chi connectivity index (χ4n) is 1.52. The van der Waals surface area contributed by atoms with E-state index in [0.717, 1.165) is 5.01 Å². The number of carbonyl (C=O) groups is 1. The Hall–Kier alpha value is -1.87. The number of thiazole rings is 1. The van der Waals surface area contributed by atoms with Gasteiger partial charge in [-0.15, -0.1) is 11.3 Å². The van der Waals surface area contributed by atoms with Gasteiger partial charge in [0.15, 0.2) is 0 Å². The number of aryl methyl sites for hydroxylation is 1. The largest absolute Gasteiger partial charge is 0.320 e. The van der Waals surface area contributed by atoms with Crippen molar-refractivity contribution in [2.24, 2.45) is 0 Å². The Labute approximate surface area is 135 Å². The molecule has 0 aliphatic heterocycles. The Morgan fingerprint density at radius 1 is 1.48 bits per heavy atom. The average Bonchev–Trinajstić information content (AvgIpc) is 2.84. The minimum Gasteiger partial charge on any atom is -0.320 e. The smallest absolute Gasteiger partial charge is 0.266 e. The molecule has 2 rings (SSSR count). The van der Waals surface area contributed by atoms with Crippen LogP contribution in [0.1, 0.15) is 10.7 Å². The number of benzene rings is 1. The monoisotopic (exact) mass is 337 g/mol. The first-order chi connectivity index (χ1) is 9.99. The summed E-state index contributed by atoms with van der Waals surface area (Å²) in [5.74, 6) is -0.549. The third-order valence-corrected chi connectivity index (χ3v) is 3.81. The molecule has 0 unspecified atom stereocenters. The second kappa shape index (κ2) is 6.72. The maximum absolute atomic E-state index is 12.1. The molecule has 0 saturated carbocycles. The molecule has 1 aromatic heterocycles. The lowest BCUT2D eigenvalue weighted by Gasteiger charge is -2.06. The van der Waals surface area contributed by atoms with Gasteiger partial charge in [-0.25, -0.2) is 4.98 Å². The van der Waals surface area contributed by atoms with Gasteiger partial charge >= 0.3 is 0 Å². The molecular formula is C14H9Cl2N3OS. The van der Waals surface area contributed by atoms with Gasteiger partial charge in [-0.2, -0.15) is 5.26 Å². The van der Waals surface area contributed by atoms with Gasteiger partial charge in [0.25, 0.3) is 5.91 Å². The molecule has 1 heterocycles. The molecular weight excluding hydrogens is 329 g/mol. The summed E-state index contributed by atoms with van der Waals surface area (Å²) < 4.78 is 0. The van der Waals surface area contributed by atoms with Crippen molar-refractivity contribution in [3.8, 4) is 6.07 Å². The summed E-state index contributed by atoms with van der Waals surface area (Å²) in [6, 6.07) is 6.54. The molecule has 0 aliphatic carbocycles. The molecule has 7 heteroatoms. The molecule has 0 radical (unpaired) electrons. The van der Waals surface area contributed by atoms with Crippen LogP contribution in [0.5, 0.6) is 0 Å². The number of hydrogen-bond acceptors (Lipinski definition) is 4. The highest BCUT2D eigenvalue weighted by Crippen LogP contribution is 2.25.